The molecule has 0 bridgehead atoms. The van der Waals surface area contributed by atoms with Gasteiger partial charge in [-0.15, -0.1) is 0 Å². The number of aromatic nitrogens is 2. The van der Waals surface area contributed by atoms with E-state index in [0.717, 1.165) is 5.69 Å². The maximum Gasteiger partial charge on any atom is 0.267 e. The van der Waals surface area contributed by atoms with Crippen LogP contribution in [0.25, 0.3) is 0 Å². The first-order chi connectivity index (χ1) is 15.1. The number of rotatable bonds is 9. The van der Waals surface area contributed by atoms with E-state index >= 15 is 0 Å². The highest BCUT2D eigenvalue weighted by molar-refractivity contribution is 5.98. The molecule has 0 aliphatic heterocycles. The monoisotopic (exact) mass is 421 g/mol. The average molecular weight is 421 g/mol. The zero-order chi connectivity index (χ0) is 22.2. The summed E-state index contributed by atoms with van der Waals surface area (Å²) in [4.78, 5) is 20.2. The fraction of sp³-hybridized carbons (Fsp3) is 0.136. The minimum atomic E-state index is -0.318. The number of hydrogen-bond donors (Lipinski definition) is 3. The highest BCUT2D eigenvalue weighted by atomic mass is 16.5. The van der Waals surface area contributed by atoms with E-state index < -0.39 is 0 Å². The normalized spacial score (nSPS) is 10.0. The van der Waals surface area contributed by atoms with Gasteiger partial charge in [0.05, 0.1) is 26.1 Å². The highest BCUT2D eigenvalue weighted by Crippen LogP contribution is 2.33. The first-order valence-electron chi connectivity index (χ1n) is 9.31. The number of amides is 1. The summed E-state index contributed by atoms with van der Waals surface area (Å²) < 4.78 is 16.6. The van der Waals surface area contributed by atoms with Gasteiger partial charge in [-0.25, -0.2) is 4.98 Å². The van der Waals surface area contributed by atoms with Crippen LogP contribution in [0.1, 0.15) is 0 Å². The molecule has 0 atom stereocenters. The predicted molar refractivity (Wildman–Crippen MR) is 120 cm³/mol. The number of carbonyl (C=O) groups excluding carboxylic acids is 1. The van der Waals surface area contributed by atoms with Crippen molar-refractivity contribution in [2.45, 2.75) is 0 Å². The lowest BCUT2D eigenvalue weighted by molar-refractivity contribution is -0.111. The Labute approximate surface area is 180 Å². The van der Waals surface area contributed by atoms with Gasteiger partial charge in [0.2, 0.25) is 11.9 Å². The van der Waals surface area contributed by atoms with Gasteiger partial charge in [0.15, 0.2) is 5.75 Å². The maximum atomic E-state index is 11.5. The Morgan fingerprint density at radius 3 is 2.58 bits per heavy atom. The van der Waals surface area contributed by atoms with Crippen LogP contribution in [0.5, 0.6) is 23.1 Å². The van der Waals surface area contributed by atoms with Crippen molar-refractivity contribution in [2.24, 2.45) is 0 Å². The number of carbonyl (C=O) groups is 1. The van der Waals surface area contributed by atoms with E-state index in [-0.39, 0.29) is 11.8 Å². The number of nitrogens with zero attached hydrogens (tertiary/aromatic N) is 2. The molecule has 2 aromatic carbocycles. The number of hydrogen-bond acceptors (Lipinski definition) is 8. The topological polar surface area (TPSA) is 107 Å². The van der Waals surface area contributed by atoms with Crippen LogP contribution >= 0.6 is 0 Å². The van der Waals surface area contributed by atoms with Crippen molar-refractivity contribution >= 4 is 28.9 Å². The van der Waals surface area contributed by atoms with Crippen molar-refractivity contribution in [3.63, 3.8) is 0 Å². The Hall–Kier alpha value is -4.27. The molecule has 0 spiro atoms. The van der Waals surface area contributed by atoms with Gasteiger partial charge in [0.1, 0.15) is 11.5 Å². The molecule has 1 heterocycles. The molecule has 1 aromatic heterocycles. The van der Waals surface area contributed by atoms with Crippen LogP contribution in [0.4, 0.5) is 23.0 Å². The van der Waals surface area contributed by atoms with Gasteiger partial charge in [0, 0.05) is 30.6 Å². The number of methoxy groups -OCH3 is 2. The SMILES string of the molecule is C=CC(=O)Nc1cccc(Oc2nc(Nc3ccc(NC)cc3OC)ncc2OC)c1. The molecule has 0 fully saturated rings. The first kappa shape index (κ1) is 21.4. The van der Waals surface area contributed by atoms with Crippen molar-refractivity contribution in [3.05, 3.63) is 61.3 Å². The summed E-state index contributed by atoms with van der Waals surface area (Å²) >= 11 is 0. The molecule has 9 nitrogen and oxygen atoms in total. The van der Waals surface area contributed by atoms with E-state index in [1.165, 1.54) is 19.4 Å². The van der Waals surface area contributed by atoms with Crippen LogP contribution in [0.15, 0.2) is 61.3 Å². The third-order valence-electron chi connectivity index (χ3n) is 4.18. The average Bonchev–Trinajstić information content (AvgIpc) is 2.79. The zero-order valence-corrected chi connectivity index (χ0v) is 17.4. The Balaban J connectivity index is 1.86. The van der Waals surface area contributed by atoms with Crippen LogP contribution in [0, 0.1) is 0 Å². The Kier molecular flexibility index (Phi) is 6.89. The smallest absolute Gasteiger partial charge is 0.267 e. The highest BCUT2D eigenvalue weighted by Gasteiger charge is 2.13. The van der Waals surface area contributed by atoms with E-state index in [1.54, 1.807) is 31.4 Å². The van der Waals surface area contributed by atoms with Crippen LogP contribution in [0.3, 0.4) is 0 Å². The molecule has 160 valence electrons. The lowest BCUT2D eigenvalue weighted by Crippen LogP contribution is -2.07. The fourth-order valence-electron chi connectivity index (χ4n) is 2.64. The third kappa shape index (κ3) is 5.41. The van der Waals surface area contributed by atoms with Gasteiger partial charge in [-0.1, -0.05) is 12.6 Å². The van der Waals surface area contributed by atoms with Crippen LogP contribution in [0.2, 0.25) is 0 Å². The van der Waals surface area contributed by atoms with E-state index in [2.05, 4.69) is 32.5 Å². The van der Waals surface area contributed by atoms with Crippen LogP contribution < -0.4 is 30.2 Å². The first-order valence-corrected chi connectivity index (χ1v) is 9.31. The fourth-order valence-corrected chi connectivity index (χ4v) is 2.64. The number of anilines is 4. The number of nitrogens with one attached hydrogen (secondary N) is 3. The van der Waals surface area contributed by atoms with Gasteiger partial charge in [-0.2, -0.15) is 4.98 Å². The van der Waals surface area contributed by atoms with Gasteiger partial charge in [-0.3, -0.25) is 4.79 Å². The largest absolute Gasteiger partial charge is 0.494 e. The Bertz CT molecular complexity index is 1090. The molecular formula is C22H23N5O4. The van der Waals surface area contributed by atoms with E-state index in [4.69, 9.17) is 14.2 Å². The lowest BCUT2D eigenvalue weighted by atomic mass is 10.2. The molecule has 0 aliphatic carbocycles. The van der Waals surface area contributed by atoms with Gasteiger partial charge in [0.25, 0.3) is 5.88 Å². The minimum absolute atomic E-state index is 0.206. The summed E-state index contributed by atoms with van der Waals surface area (Å²) in [6, 6.07) is 12.5. The molecule has 0 saturated heterocycles. The van der Waals surface area contributed by atoms with Gasteiger partial charge < -0.3 is 30.2 Å². The second kappa shape index (κ2) is 9.97. The predicted octanol–water partition coefficient (Wildman–Crippen LogP) is 4.20. The zero-order valence-electron chi connectivity index (χ0n) is 17.4. The standard InChI is InChI=1S/C22H23N5O4/c1-5-20(28)25-15-7-6-8-16(11-15)31-21-19(30-4)13-24-22(27-21)26-17-10-9-14(23-2)12-18(17)29-3/h5-13,23H,1H2,2-4H3,(H,25,28)(H,24,26,27). The second-order valence-electron chi connectivity index (χ2n) is 6.18. The number of ether oxygens (including phenoxy) is 3. The molecule has 31 heavy (non-hydrogen) atoms. The maximum absolute atomic E-state index is 11.5. The van der Waals surface area contributed by atoms with Crippen molar-refractivity contribution in [2.75, 3.05) is 37.2 Å². The van der Waals surface area contributed by atoms with E-state index in [1.807, 2.05) is 25.2 Å². The molecule has 1 amide bonds. The molecule has 0 unspecified atom stereocenters. The summed E-state index contributed by atoms with van der Waals surface area (Å²) in [6.07, 6.45) is 2.69. The summed E-state index contributed by atoms with van der Waals surface area (Å²) in [6.45, 7) is 3.44. The van der Waals surface area contributed by atoms with Crippen molar-refractivity contribution in [3.8, 4) is 23.1 Å². The van der Waals surface area contributed by atoms with E-state index in [0.29, 0.717) is 34.6 Å². The molecule has 0 aliphatic rings. The Morgan fingerprint density at radius 1 is 1.06 bits per heavy atom. The quantitative estimate of drug-likeness (QED) is 0.442. The van der Waals surface area contributed by atoms with Crippen LogP contribution in [-0.2, 0) is 4.79 Å². The molecular weight excluding hydrogens is 398 g/mol. The van der Waals surface area contributed by atoms with E-state index in [9.17, 15) is 4.79 Å². The number of benzene rings is 2. The molecule has 3 N–H and O–H groups in total. The molecule has 0 saturated carbocycles. The molecule has 3 rings (SSSR count). The van der Waals surface area contributed by atoms with Gasteiger partial charge >= 0.3 is 0 Å². The lowest BCUT2D eigenvalue weighted by Gasteiger charge is -2.14. The summed E-state index contributed by atoms with van der Waals surface area (Å²) in [5.74, 6) is 1.62. The summed E-state index contributed by atoms with van der Waals surface area (Å²) in [5.41, 5.74) is 2.15. The van der Waals surface area contributed by atoms with Crippen molar-refractivity contribution in [1.29, 1.82) is 0 Å². The summed E-state index contributed by atoms with van der Waals surface area (Å²) in [7, 11) is 4.91. The van der Waals surface area contributed by atoms with Gasteiger partial charge in [-0.05, 0) is 30.3 Å². The molecule has 9 heteroatoms. The summed E-state index contributed by atoms with van der Waals surface area (Å²) in [5, 5.41) is 8.86. The molecule has 3 aromatic rings. The van der Waals surface area contributed by atoms with Crippen LogP contribution in [-0.4, -0.2) is 37.1 Å². The second-order valence-corrected chi connectivity index (χ2v) is 6.18. The van der Waals surface area contributed by atoms with Crippen molar-refractivity contribution in [1.82, 2.24) is 9.97 Å². The third-order valence-corrected chi connectivity index (χ3v) is 4.18. The molecule has 0 radical (unpaired) electrons. The Morgan fingerprint density at radius 2 is 1.87 bits per heavy atom. The minimum Gasteiger partial charge on any atom is -0.494 e. The van der Waals surface area contributed by atoms with Crippen molar-refractivity contribution < 1.29 is 19.0 Å².